The molecule has 0 fully saturated rings. The Hall–Kier alpha value is -3.85. The van der Waals surface area contributed by atoms with Crippen molar-refractivity contribution in [2.45, 2.75) is 59.2 Å². The van der Waals surface area contributed by atoms with Crippen molar-refractivity contribution in [3.05, 3.63) is 95.1 Å². The van der Waals surface area contributed by atoms with Crippen molar-refractivity contribution >= 4 is 27.5 Å². The molecule has 3 rings (SSSR count). The number of ether oxygens (including phenoxy) is 1. The van der Waals surface area contributed by atoms with Crippen LogP contribution in [0.2, 0.25) is 0 Å². The Balaban J connectivity index is 2.10. The van der Waals surface area contributed by atoms with Crippen LogP contribution in [0.4, 0.5) is 5.69 Å². The van der Waals surface area contributed by atoms with Crippen molar-refractivity contribution in [3.63, 3.8) is 0 Å². The monoisotopic (exact) mass is 579 g/mol. The molecule has 0 radical (unpaired) electrons. The lowest BCUT2D eigenvalue weighted by Crippen LogP contribution is -2.56. The van der Waals surface area contributed by atoms with Crippen LogP contribution in [-0.4, -0.2) is 56.6 Å². The highest BCUT2D eigenvalue weighted by Crippen LogP contribution is 2.24. The summed E-state index contributed by atoms with van der Waals surface area (Å²) in [4.78, 5) is 29.5. The van der Waals surface area contributed by atoms with E-state index in [0.29, 0.717) is 11.4 Å². The molecule has 0 bridgehead atoms. The fourth-order valence-corrected chi connectivity index (χ4v) is 5.31. The van der Waals surface area contributed by atoms with Gasteiger partial charge in [-0.1, -0.05) is 48.5 Å². The van der Waals surface area contributed by atoms with Crippen LogP contribution >= 0.6 is 0 Å². The molecule has 8 nitrogen and oxygen atoms in total. The normalized spacial score (nSPS) is 12.4. The summed E-state index contributed by atoms with van der Waals surface area (Å²) >= 11 is 0. The third kappa shape index (κ3) is 9.08. The highest BCUT2D eigenvalue weighted by molar-refractivity contribution is 7.92. The standard InChI is InChI=1S/C32H41N3O5S/c1-23-16-17-27(18-24(23)2)35(41(7,38)39)22-30(36)34(21-26-14-11-15-28(19-26)40-6)29(31(37)33-32(3,4)5)20-25-12-9-8-10-13-25/h8-19,29H,20-22H2,1-7H3,(H,33,37)/t29-/m0/s1. The summed E-state index contributed by atoms with van der Waals surface area (Å²) in [5.74, 6) is -0.210. The van der Waals surface area contributed by atoms with Gasteiger partial charge in [-0.25, -0.2) is 8.42 Å². The van der Waals surface area contributed by atoms with Gasteiger partial charge in [0.05, 0.1) is 19.1 Å². The van der Waals surface area contributed by atoms with E-state index in [4.69, 9.17) is 4.74 Å². The Morgan fingerprint density at radius 3 is 2.15 bits per heavy atom. The Labute approximate surface area is 244 Å². The largest absolute Gasteiger partial charge is 0.497 e. The molecule has 3 aromatic rings. The smallest absolute Gasteiger partial charge is 0.244 e. The van der Waals surface area contributed by atoms with Crippen LogP contribution in [0.5, 0.6) is 5.75 Å². The van der Waals surface area contributed by atoms with Gasteiger partial charge in [0.2, 0.25) is 21.8 Å². The van der Waals surface area contributed by atoms with Gasteiger partial charge in [-0.05, 0) is 81.1 Å². The fourth-order valence-electron chi connectivity index (χ4n) is 4.47. The van der Waals surface area contributed by atoms with Crippen molar-refractivity contribution in [2.24, 2.45) is 0 Å². The van der Waals surface area contributed by atoms with Gasteiger partial charge < -0.3 is 15.0 Å². The molecule has 0 heterocycles. The lowest BCUT2D eigenvalue weighted by atomic mass is 10.0. The number of hydrogen-bond donors (Lipinski definition) is 1. The van der Waals surface area contributed by atoms with E-state index >= 15 is 0 Å². The molecular formula is C32H41N3O5S. The Morgan fingerprint density at radius 1 is 0.902 bits per heavy atom. The second-order valence-electron chi connectivity index (χ2n) is 11.4. The zero-order valence-corrected chi connectivity index (χ0v) is 25.8. The fraction of sp³-hybridized carbons (Fsp3) is 0.375. The van der Waals surface area contributed by atoms with Gasteiger partial charge in [0.25, 0.3) is 0 Å². The predicted molar refractivity (Wildman–Crippen MR) is 163 cm³/mol. The summed E-state index contributed by atoms with van der Waals surface area (Å²) in [6.45, 7) is 9.09. The quantitative estimate of drug-likeness (QED) is 0.357. The highest BCUT2D eigenvalue weighted by atomic mass is 32.2. The van der Waals surface area contributed by atoms with E-state index in [1.54, 1.807) is 31.4 Å². The van der Waals surface area contributed by atoms with E-state index < -0.39 is 34.1 Å². The van der Waals surface area contributed by atoms with Crippen molar-refractivity contribution in [2.75, 3.05) is 24.2 Å². The predicted octanol–water partition coefficient (Wildman–Crippen LogP) is 4.63. The number of nitrogens with zero attached hydrogens (tertiary/aromatic N) is 2. The Morgan fingerprint density at radius 2 is 1.56 bits per heavy atom. The first-order valence-corrected chi connectivity index (χ1v) is 15.4. The third-order valence-corrected chi connectivity index (χ3v) is 7.85. The van der Waals surface area contributed by atoms with Gasteiger partial charge in [0, 0.05) is 18.5 Å². The molecule has 41 heavy (non-hydrogen) atoms. The molecule has 9 heteroatoms. The highest BCUT2D eigenvalue weighted by Gasteiger charge is 2.34. The van der Waals surface area contributed by atoms with Gasteiger partial charge in [-0.15, -0.1) is 0 Å². The van der Waals surface area contributed by atoms with E-state index in [9.17, 15) is 18.0 Å². The first-order valence-electron chi connectivity index (χ1n) is 13.5. The van der Waals surface area contributed by atoms with Crippen LogP contribution in [0.15, 0.2) is 72.8 Å². The van der Waals surface area contributed by atoms with Gasteiger partial charge >= 0.3 is 0 Å². The SMILES string of the molecule is COc1cccc(CN(C(=O)CN(c2ccc(C)c(C)c2)S(C)(=O)=O)[C@@H](Cc2ccccc2)C(=O)NC(C)(C)C)c1. The number of methoxy groups -OCH3 is 1. The molecular weight excluding hydrogens is 538 g/mol. The molecule has 0 unspecified atom stereocenters. The minimum atomic E-state index is -3.83. The molecule has 0 spiro atoms. The molecule has 0 aliphatic rings. The number of nitrogens with one attached hydrogen (secondary N) is 1. The van der Waals surface area contributed by atoms with E-state index in [1.807, 2.05) is 83.1 Å². The second kappa shape index (κ2) is 13.2. The number of carbonyl (C=O) groups is 2. The number of amides is 2. The average molecular weight is 580 g/mol. The van der Waals surface area contributed by atoms with Crippen molar-refractivity contribution in [1.82, 2.24) is 10.2 Å². The van der Waals surface area contributed by atoms with E-state index in [0.717, 1.165) is 32.8 Å². The number of rotatable bonds is 11. The second-order valence-corrected chi connectivity index (χ2v) is 13.3. The number of sulfonamides is 1. The summed E-state index contributed by atoms with van der Waals surface area (Å²) in [6.07, 6.45) is 1.33. The van der Waals surface area contributed by atoms with E-state index in [-0.39, 0.29) is 18.9 Å². The maximum Gasteiger partial charge on any atom is 0.244 e. The molecule has 0 saturated heterocycles. The minimum absolute atomic E-state index is 0.0790. The van der Waals surface area contributed by atoms with Crippen LogP contribution in [0, 0.1) is 13.8 Å². The number of benzene rings is 3. The zero-order valence-electron chi connectivity index (χ0n) is 25.0. The number of hydrogen-bond acceptors (Lipinski definition) is 5. The number of anilines is 1. The van der Waals surface area contributed by atoms with Crippen LogP contribution < -0.4 is 14.4 Å². The summed E-state index contributed by atoms with van der Waals surface area (Å²) in [7, 11) is -2.27. The van der Waals surface area contributed by atoms with Gasteiger partial charge in [0.1, 0.15) is 18.3 Å². The maximum absolute atomic E-state index is 14.2. The topological polar surface area (TPSA) is 96.0 Å². The van der Waals surface area contributed by atoms with Gasteiger partial charge in [-0.3, -0.25) is 13.9 Å². The Kier molecular flexibility index (Phi) is 10.2. The van der Waals surface area contributed by atoms with Crippen LogP contribution in [-0.2, 0) is 32.6 Å². The Bertz CT molecular complexity index is 1470. The maximum atomic E-state index is 14.2. The van der Waals surface area contributed by atoms with Crippen LogP contribution in [0.3, 0.4) is 0 Å². The summed E-state index contributed by atoms with van der Waals surface area (Å²) in [5.41, 5.74) is 3.38. The molecule has 0 aromatic heterocycles. The number of aryl methyl sites for hydroxylation is 2. The first-order chi connectivity index (χ1) is 19.2. The summed E-state index contributed by atoms with van der Waals surface area (Å²) in [6, 6.07) is 21.1. The van der Waals surface area contributed by atoms with Crippen LogP contribution in [0.25, 0.3) is 0 Å². The van der Waals surface area contributed by atoms with E-state index in [2.05, 4.69) is 5.32 Å². The molecule has 2 amide bonds. The van der Waals surface area contributed by atoms with Crippen molar-refractivity contribution in [1.29, 1.82) is 0 Å². The number of carbonyl (C=O) groups excluding carboxylic acids is 2. The summed E-state index contributed by atoms with van der Waals surface area (Å²) in [5, 5.41) is 3.02. The molecule has 1 atom stereocenters. The minimum Gasteiger partial charge on any atom is -0.497 e. The molecule has 3 aromatic carbocycles. The average Bonchev–Trinajstić information content (AvgIpc) is 2.90. The lowest BCUT2D eigenvalue weighted by molar-refractivity contribution is -0.140. The molecule has 0 aliphatic carbocycles. The van der Waals surface area contributed by atoms with Gasteiger partial charge in [0.15, 0.2) is 0 Å². The lowest BCUT2D eigenvalue weighted by Gasteiger charge is -2.35. The van der Waals surface area contributed by atoms with Gasteiger partial charge in [-0.2, -0.15) is 0 Å². The molecule has 1 N–H and O–H groups in total. The van der Waals surface area contributed by atoms with Crippen molar-refractivity contribution < 1.29 is 22.7 Å². The molecule has 220 valence electrons. The molecule has 0 saturated carbocycles. The molecule has 0 aliphatic heterocycles. The summed E-state index contributed by atoms with van der Waals surface area (Å²) < 4.78 is 32.4. The first kappa shape index (κ1) is 31.7. The van der Waals surface area contributed by atoms with Crippen LogP contribution in [0.1, 0.15) is 43.0 Å². The zero-order chi connectivity index (χ0) is 30.4. The van der Waals surface area contributed by atoms with Crippen molar-refractivity contribution in [3.8, 4) is 5.75 Å². The third-order valence-electron chi connectivity index (χ3n) is 6.71. The van der Waals surface area contributed by atoms with E-state index in [1.165, 1.54) is 4.90 Å².